The van der Waals surface area contributed by atoms with E-state index in [0.717, 1.165) is 4.47 Å². The van der Waals surface area contributed by atoms with E-state index in [1.165, 1.54) is 31.4 Å². The molecule has 2 N–H and O–H groups in total. The zero-order valence-electron chi connectivity index (χ0n) is 15.1. The summed E-state index contributed by atoms with van der Waals surface area (Å²) in [7, 11) is 1.48. The third-order valence-electron chi connectivity index (χ3n) is 3.97. The second-order valence-corrected chi connectivity index (χ2v) is 7.29. The van der Waals surface area contributed by atoms with Crippen molar-refractivity contribution in [2.75, 3.05) is 17.7 Å². The van der Waals surface area contributed by atoms with Gasteiger partial charge in [0.25, 0.3) is 11.8 Å². The highest BCUT2D eigenvalue weighted by molar-refractivity contribution is 9.10. The number of hydrogen-bond acceptors (Lipinski definition) is 3. The van der Waals surface area contributed by atoms with Crippen LogP contribution in [0.5, 0.6) is 5.75 Å². The molecule has 0 unspecified atom stereocenters. The van der Waals surface area contributed by atoms with Gasteiger partial charge >= 0.3 is 0 Å². The molecular formula is C21H15BrClFN2O3. The predicted molar refractivity (Wildman–Crippen MR) is 114 cm³/mol. The predicted octanol–water partition coefficient (Wildman–Crippen LogP) is 5.75. The molecule has 0 spiro atoms. The fourth-order valence-corrected chi connectivity index (χ4v) is 3.11. The van der Waals surface area contributed by atoms with Gasteiger partial charge in [-0.1, -0.05) is 33.6 Å². The van der Waals surface area contributed by atoms with E-state index in [1.807, 2.05) is 0 Å². The minimum absolute atomic E-state index is 0.0909. The molecule has 3 aromatic carbocycles. The van der Waals surface area contributed by atoms with Gasteiger partial charge < -0.3 is 15.4 Å². The van der Waals surface area contributed by atoms with E-state index in [9.17, 15) is 14.0 Å². The van der Waals surface area contributed by atoms with Gasteiger partial charge in [-0.05, 0) is 54.6 Å². The molecule has 0 saturated heterocycles. The van der Waals surface area contributed by atoms with Crippen LogP contribution in [-0.4, -0.2) is 18.9 Å². The van der Waals surface area contributed by atoms with Crippen LogP contribution in [0, 0.1) is 5.82 Å². The Bertz CT molecular complexity index is 1090. The molecule has 0 bridgehead atoms. The van der Waals surface area contributed by atoms with Crippen molar-refractivity contribution in [2.24, 2.45) is 0 Å². The summed E-state index contributed by atoms with van der Waals surface area (Å²) < 4.78 is 19.2. The highest BCUT2D eigenvalue weighted by Gasteiger charge is 2.14. The number of hydrogen-bond donors (Lipinski definition) is 2. The molecule has 2 amide bonds. The number of carbonyl (C=O) groups is 2. The Hall–Kier alpha value is -2.90. The van der Waals surface area contributed by atoms with Crippen LogP contribution in [0.25, 0.3) is 0 Å². The Morgan fingerprint density at radius 1 is 0.966 bits per heavy atom. The lowest BCUT2D eigenvalue weighted by Crippen LogP contribution is -2.15. The van der Waals surface area contributed by atoms with E-state index in [2.05, 4.69) is 26.6 Å². The van der Waals surface area contributed by atoms with Crippen molar-refractivity contribution in [3.05, 3.63) is 87.1 Å². The van der Waals surface area contributed by atoms with E-state index in [-0.39, 0.29) is 10.9 Å². The lowest BCUT2D eigenvalue weighted by atomic mass is 10.1. The topological polar surface area (TPSA) is 67.4 Å². The summed E-state index contributed by atoms with van der Waals surface area (Å²) in [6.07, 6.45) is 0. The molecule has 3 rings (SSSR count). The molecular weight excluding hydrogens is 463 g/mol. The standard InChI is InChI=1S/C21H15BrClFN2O3/c1-29-19-8-5-13(22)10-16(19)21(28)26-14-4-2-3-12(9-14)20(27)25-15-6-7-18(24)17(23)11-15/h2-11H,1H3,(H,25,27)(H,26,28). The van der Waals surface area contributed by atoms with Gasteiger partial charge in [0.2, 0.25) is 0 Å². The fourth-order valence-electron chi connectivity index (χ4n) is 2.57. The van der Waals surface area contributed by atoms with Gasteiger partial charge in [-0.15, -0.1) is 0 Å². The SMILES string of the molecule is COc1ccc(Br)cc1C(=O)Nc1cccc(C(=O)Nc2ccc(F)c(Cl)c2)c1. The average molecular weight is 478 g/mol. The second kappa shape index (κ2) is 9.07. The average Bonchev–Trinajstić information content (AvgIpc) is 2.71. The van der Waals surface area contributed by atoms with Crippen molar-refractivity contribution in [1.82, 2.24) is 0 Å². The first-order valence-corrected chi connectivity index (χ1v) is 9.56. The Morgan fingerprint density at radius 2 is 1.69 bits per heavy atom. The number of ether oxygens (including phenoxy) is 1. The van der Waals surface area contributed by atoms with Crippen LogP contribution in [0.1, 0.15) is 20.7 Å². The van der Waals surface area contributed by atoms with Gasteiger partial charge in [0.05, 0.1) is 17.7 Å². The largest absolute Gasteiger partial charge is 0.496 e. The van der Waals surface area contributed by atoms with Crippen molar-refractivity contribution in [3.8, 4) is 5.75 Å². The molecule has 0 fully saturated rings. The minimum atomic E-state index is -0.572. The first-order valence-electron chi connectivity index (χ1n) is 8.39. The number of benzene rings is 3. The van der Waals surface area contributed by atoms with Gasteiger partial charge in [0.15, 0.2) is 0 Å². The summed E-state index contributed by atoms with van der Waals surface area (Å²) in [5, 5.41) is 5.29. The van der Waals surface area contributed by atoms with Gasteiger partial charge in [-0.3, -0.25) is 9.59 Å². The number of rotatable bonds is 5. The fraction of sp³-hybridized carbons (Fsp3) is 0.0476. The molecule has 0 atom stereocenters. The lowest BCUT2D eigenvalue weighted by molar-refractivity contribution is 0.101. The van der Waals surface area contributed by atoms with Crippen LogP contribution >= 0.6 is 27.5 Å². The van der Waals surface area contributed by atoms with E-state index in [0.29, 0.717) is 28.3 Å². The third-order valence-corrected chi connectivity index (χ3v) is 4.75. The Morgan fingerprint density at radius 3 is 2.41 bits per heavy atom. The van der Waals surface area contributed by atoms with Gasteiger partial charge in [0, 0.05) is 21.4 Å². The zero-order valence-corrected chi connectivity index (χ0v) is 17.5. The first kappa shape index (κ1) is 20.8. The number of nitrogens with one attached hydrogen (secondary N) is 2. The van der Waals surface area contributed by atoms with Crippen LogP contribution in [0.15, 0.2) is 65.1 Å². The van der Waals surface area contributed by atoms with Crippen molar-refractivity contribution >= 4 is 50.7 Å². The molecule has 3 aromatic rings. The Labute approximate surface area is 180 Å². The summed E-state index contributed by atoms with van der Waals surface area (Å²) in [6, 6.07) is 15.4. The van der Waals surface area contributed by atoms with Crippen molar-refractivity contribution in [3.63, 3.8) is 0 Å². The molecule has 5 nitrogen and oxygen atoms in total. The monoisotopic (exact) mass is 476 g/mol. The van der Waals surface area contributed by atoms with Crippen molar-refractivity contribution in [2.45, 2.75) is 0 Å². The molecule has 0 radical (unpaired) electrons. The molecule has 0 heterocycles. The number of anilines is 2. The van der Waals surface area contributed by atoms with Crippen LogP contribution in [0.2, 0.25) is 5.02 Å². The maximum atomic E-state index is 13.3. The summed E-state index contributed by atoms with van der Waals surface area (Å²) in [5.41, 5.74) is 1.44. The molecule has 8 heteroatoms. The normalized spacial score (nSPS) is 10.3. The zero-order chi connectivity index (χ0) is 21.0. The van der Waals surface area contributed by atoms with Crippen LogP contribution in [0.3, 0.4) is 0 Å². The summed E-state index contributed by atoms with van der Waals surface area (Å²) in [5.74, 6) is -0.958. The van der Waals surface area contributed by atoms with Crippen molar-refractivity contribution in [1.29, 1.82) is 0 Å². The maximum Gasteiger partial charge on any atom is 0.259 e. The minimum Gasteiger partial charge on any atom is -0.496 e. The first-order chi connectivity index (χ1) is 13.9. The van der Waals surface area contributed by atoms with Gasteiger partial charge in [-0.25, -0.2) is 4.39 Å². The number of amides is 2. The van der Waals surface area contributed by atoms with Crippen LogP contribution < -0.4 is 15.4 Å². The van der Waals surface area contributed by atoms with Gasteiger partial charge in [-0.2, -0.15) is 0 Å². The summed E-state index contributed by atoms with van der Waals surface area (Å²) >= 11 is 9.06. The smallest absolute Gasteiger partial charge is 0.259 e. The Balaban J connectivity index is 1.77. The Kier molecular flexibility index (Phi) is 6.51. The maximum absolute atomic E-state index is 13.3. The van der Waals surface area contributed by atoms with E-state index in [4.69, 9.17) is 16.3 Å². The third kappa shape index (κ3) is 5.13. The number of methoxy groups -OCH3 is 1. The van der Waals surface area contributed by atoms with E-state index >= 15 is 0 Å². The second-order valence-electron chi connectivity index (χ2n) is 5.96. The summed E-state index contributed by atoms with van der Waals surface area (Å²) in [4.78, 5) is 25.1. The quantitative estimate of drug-likeness (QED) is 0.491. The lowest BCUT2D eigenvalue weighted by Gasteiger charge is -2.11. The van der Waals surface area contributed by atoms with Crippen molar-refractivity contribution < 1.29 is 18.7 Å². The molecule has 29 heavy (non-hydrogen) atoms. The molecule has 0 aliphatic rings. The molecule has 0 aliphatic carbocycles. The van der Waals surface area contributed by atoms with Crippen LogP contribution in [-0.2, 0) is 0 Å². The molecule has 148 valence electrons. The highest BCUT2D eigenvalue weighted by Crippen LogP contribution is 2.25. The van der Waals surface area contributed by atoms with E-state index in [1.54, 1.807) is 36.4 Å². The highest BCUT2D eigenvalue weighted by atomic mass is 79.9. The van der Waals surface area contributed by atoms with Gasteiger partial charge in [0.1, 0.15) is 11.6 Å². The molecule has 0 aromatic heterocycles. The molecule has 0 saturated carbocycles. The number of carbonyl (C=O) groups excluding carboxylic acids is 2. The van der Waals surface area contributed by atoms with E-state index < -0.39 is 11.7 Å². The number of halogens is 3. The molecule has 0 aliphatic heterocycles. The summed E-state index contributed by atoms with van der Waals surface area (Å²) in [6.45, 7) is 0. The van der Waals surface area contributed by atoms with Crippen LogP contribution in [0.4, 0.5) is 15.8 Å².